The Labute approximate surface area is 362 Å². The maximum atomic E-state index is 4.93. The third-order valence-electron chi connectivity index (χ3n) is 12.0. The number of rotatable bonds is 8. The molecule has 296 valence electrons. The second-order valence-corrected chi connectivity index (χ2v) is 19.0. The van der Waals surface area contributed by atoms with Crippen molar-refractivity contribution in [3.63, 3.8) is 0 Å². The molecule has 0 amide bonds. The minimum absolute atomic E-state index is 0.826. The van der Waals surface area contributed by atoms with Crippen LogP contribution in [-0.2, 0) is 33.7 Å². The molecule has 8 aromatic carbocycles. The van der Waals surface area contributed by atoms with Crippen molar-refractivity contribution in [2.45, 2.75) is 101 Å². The Morgan fingerprint density at radius 1 is 0.474 bits per heavy atom. The van der Waals surface area contributed by atoms with Crippen molar-refractivity contribution in [1.29, 1.82) is 0 Å². The van der Waals surface area contributed by atoms with Crippen molar-refractivity contribution in [1.82, 2.24) is 0 Å². The second-order valence-electron chi connectivity index (χ2n) is 15.3. The molecule has 0 heterocycles. The predicted molar refractivity (Wildman–Crippen MR) is 253 cm³/mol. The summed E-state index contributed by atoms with van der Waals surface area (Å²) in [7, 11) is 9.87. The van der Waals surface area contributed by atoms with E-state index < -0.39 is 20.8 Å². The molecule has 0 aliphatic rings. The molecule has 57 heavy (non-hydrogen) atoms. The zero-order valence-corrected chi connectivity index (χ0v) is 39.6. The molecule has 0 fully saturated rings. The van der Waals surface area contributed by atoms with Gasteiger partial charge in [-0.25, -0.2) is 0 Å². The molecule has 0 aromatic heterocycles. The summed E-state index contributed by atoms with van der Waals surface area (Å²) in [6, 6.07) is 40.8. The molecule has 0 saturated heterocycles. The molecule has 0 bridgehead atoms. The zero-order valence-electron chi connectivity index (χ0n) is 35.6. The van der Waals surface area contributed by atoms with Crippen LogP contribution >= 0.6 is 17.0 Å². The molecule has 0 atom stereocenters. The van der Waals surface area contributed by atoms with Gasteiger partial charge in [-0.15, -0.1) is 55.9 Å². The van der Waals surface area contributed by atoms with Crippen LogP contribution in [0.25, 0.3) is 65.3 Å². The topological polar surface area (TPSA) is 0 Å². The van der Waals surface area contributed by atoms with Crippen molar-refractivity contribution in [3.8, 4) is 22.3 Å². The molecule has 0 radical (unpaired) electrons. The Morgan fingerprint density at radius 2 is 0.825 bits per heavy atom. The van der Waals surface area contributed by atoms with Gasteiger partial charge < -0.3 is 6.92 Å². The first-order valence-electron chi connectivity index (χ1n) is 20.6. The van der Waals surface area contributed by atoms with E-state index in [1.807, 2.05) is 0 Å². The van der Waals surface area contributed by atoms with E-state index in [2.05, 4.69) is 172 Å². The van der Waals surface area contributed by atoms with E-state index in [0.717, 1.165) is 0 Å². The zero-order chi connectivity index (χ0) is 41.2. The molecule has 3 heteroatoms. The molecule has 8 rings (SSSR count). The van der Waals surface area contributed by atoms with E-state index in [1.54, 1.807) is 6.92 Å². The van der Waals surface area contributed by atoms with Gasteiger partial charge in [0.15, 0.2) is 0 Å². The number of unbranched alkanes of at least 4 members (excludes halogenated alkanes) is 2. The van der Waals surface area contributed by atoms with Crippen LogP contribution in [0, 0.1) is 48.5 Å². The predicted octanol–water partition coefficient (Wildman–Crippen LogP) is 17.5. The van der Waals surface area contributed by atoms with Gasteiger partial charge in [0.2, 0.25) is 0 Å². The molecule has 0 aliphatic carbocycles. The van der Waals surface area contributed by atoms with Crippen LogP contribution in [0.2, 0.25) is 0 Å². The number of hydrogen-bond acceptors (Lipinski definition) is 0. The van der Waals surface area contributed by atoms with E-state index in [4.69, 9.17) is 17.0 Å². The molecule has 8 aromatic rings. The summed E-state index contributed by atoms with van der Waals surface area (Å²) < 4.78 is 0. The quantitative estimate of drug-likeness (QED) is 0.134. The van der Waals surface area contributed by atoms with Crippen LogP contribution in [0.15, 0.2) is 109 Å². The van der Waals surface area contributed by atoms with Crippen LogP contribution in [0.1, 0.15) is 91.0 Å². The van der Waals surface area contributed by atoms with Crippen molar-refractivity contribution in [2.75, 3.05) is 0 Å². The Kier molecular flexibility index (Phi) is 16.4. The number of hydrogen-bond donors (Lipinski definition) is 0. The van der Waals surface area contributed by atoms with Crippen molar-refractivity contribution in [3.05, 3.63) is 161 Å². The molecule has 0 spiro atoms. The first-order chi connectivity index (χ1) is 27.6. The molecule has 0 unspecified atom stereocenters. The van der Waals surface area contributed by atoms with Crippen molar-refractivity contribution >= 4 is 60.1 Å². The fraction of sp³-hybridized carbons (Fsp3) is 0.278. The van der Waals surface area contributed by atoms with Crippen LogP contribution in [0.4, 0.5) is 0 Å². The first-order valence-corrected chi connectivity index (χ1v) is 27.0. The Balaban J connectivity index is 0.000000196. The summed E-state index contributed by atoms with van der Waals surface area (Å²) in [6.07, 6.45) is 7.38. The number of aryl methyl sites for hydroxylation is 4. The Hall–Kier alpha value is -3.48. The van der Waals surface area contributed by atoms with E-state index in [-0.39, 0.29) is 0 Å². The third kappa shape index (κ3) is 9.87. The second kappa shape index (κ2) is 21.0. The summed E-state index contributed by atoms with van der Waals surface area (Å²) in [6.45, 7) is 23.2. The number of fused-ring (bicyclic) bond motifs is 4. The first kappa shape index (κ1) is 44.6. The normalized spacial score (nSPS) is 10.9. The monoisotopic (exact) mass is 867 g/mol. The Bertz CT molecular complexity index is 2400. The molecule has 0 N–H and O–H groups in total. The summed E-state index contributed by atoms with van der Waals surface area (Å²) in [5.74, 6) is 0. The van der Waals surface area contributed by atoms with Gasteiger partial charge in [-0.2, -0.15) is 19.1 Å². The summed E-state index contributed by atoms with van der Waals surface area (Å²) in [5, 5.41) is 11.0. The van der Waals surface area contributed by atoms with Gasteiger partial charge in [0.1, 0.15) is 0 Å². The standard InChI is InChI=1S/2C26H27.C2H5.2ClH.Zr/c2*1-5-6-9-20-14-24-18(3)17(2)19(4)26(25(24)15-20)23-13-12-21-10-7-8-11-22(21)16-23;1-2;;;/h2*7-8,10-16H,5-6,9H2,1-4H3;1H2,2H3;2*1H;/q3*-1;;;+2/p-2. The molecular formula is C54H59Cl2Zr-3. The molecule has 0 nitrogen and oxygen atoms in total. The average molecular weight is 870 g/mol. The summed E-state index contributed by atoms with van der Waals surface area (Å²) in [5.41, 5.74) is 17.0. The fourth-order valence-electron chi connectivity index (χ4n) is 8.40. The summed E-state index contributed by atoms with van der Waals surface area (Å²) >= 11 is -0.826. The number of halogens is 2. The minimum atomic E-state index is -0.826. The van der Waals surface area contributed by atoms with Crippen LogP contribution in [0.5, 0.6) is 0 Å². The average Bonchev–Trinajstić information content (AvgIpc) is 3.86. The fourth-order valence-corrected chi connectivity index (χ4v) is 8.40. The van der Waals surface area contributed by atoms with Gasteiger partial charge in [0.25, 0.3) is 0 Å². The van der Waals surface area contributed by atoms with Gasteiger partial charge >= 0.3 is 37.9 Å². The van der Waals surface area contributed by atoms with Crippen molar-refractivity contribution in [2.24, 2.45) is 0 Å². The molecule has 0 aliphatic heterocycles. The molecular weight excluding hydrogens is 811 g/mol. The van der Waals surface area contributed by atoms with E-state index in [1.165, 1.54) is 148 Å². The van der Waals surface area contributed by atoms with Crippen LogP contribution in [-0.4, -0.2) is 0 Å². The van der Waals surface area contributed by atoms with Gasteiger partial charge in [-0.1, -0.05) is 160 Å². The number of benzene rings is 6. The van der Waals surface area contributed by atoms with Gasteiger partial charge in [-0.05, 0) is 85.3 Å². The van der Waals surface area contributed by atoms with Crippen molar-refractivity contribution < 1.29 is 20.8 Å². The van der Waals surface area contributed by atoms with E-state index >= 15 is 0 Å². The van der Waals surface area contributed by atoms with Crippen LogP contribution < -0.4 is 0 Å². The van der Waals surface area contributed by atoms with Gasteiger partial charge in [-0.3, -0.25) is 0 Å². The summed E-state index contributed by atoms with van der Waals surface area (Å²) in [4.78, 5) is 0. The van der Waals surface area contributed by atoms with Gasteiger partial charge in [0.05, 0.1) is 0 Å². The molecule has 0 saturated carbocycles. The Morgan fingerprint density at radius 3 is 1.18 bits per heavy atom. The maximum absolute atomic E-state index is 4.93. The van der Waals surface area contributed by atoms with E-state index in [9.17, 15) is 0 Å². The van der Waals surface area contributed by atoms with Gasteiger partial charge in [0, 0.05) is 0 Å². The van der Waals surface area contributed by atoms with E-state index in [0.29, 0.717) is 0 Å². The van der Waals surface area contributed by atoms with Crippen LogP contribution in [0.3, 0.4) is 0 Å². The SMILES string of the molecule is CCCCc1cc2c(-c3ccc4ccccc4c3)c(C)c(C)c(C)c2[cH-]1.CCCCc1cc2c(-c3ccc4ccccc4c3)c(C)c(C)c(C)c2[cH-]1.[CH2-]C.[Cl][Zr][Cl]. The third-order valence-corrected chi connectivity index (χ3v) is 12.0.